The van der Waals surface area contributed by atoms with Crippen molar-refractivity contribution in [1.29, 1.82) is 5.26 Å². The minimum absolute atomic E-state index is 0. The van der Waals surface area contributed by atoms with Crippen LogP contribution in [-0.4, -0.2) is 80.0 Å². The maximum Gasteiger partial charge on any atom is 0.266 e. The molecule has 2 fully saturated rings. The lowest BCUT2D eigenvalue weighted by atomic mass is 10.1. The molecule has 0 spiro atoms. The van der Waals surface area contributed by atoms with E-state index in [-0.39, 0.29) is 23.9 Å². The zero-order valence-corrected chi connectivity index (χ0v) is 17.8. The Kier molecular flexibility index (Phi) is 7.73. The lowest BCUT2D eigenvalue weighted by molar-refractivity contribution is -0.128. The van der Waals surface area contributed by atoms with Gasteiger partial charge in [-0.25, -0.2) is 0 Å². The number of hydrogen-bond acceptors (Lipinski definition) is 5. The van der Waals surface area contributed by atoms with Gasteiger partial charge in [-0.05, 0) is 38.1 Å². The molecule has 3 rings (SSSR count). The molecule has 1 amide bonds. The molecule has 0 aromatic heterocycles. The Morgan fingerprint density at radius 3 is 2.29 bits per heavy atom. The van der Waals surface area contributed by atoms with Crippen LogP contribution < -0.4 is 4.90 Å². The minimum Gasteiger partial charge on any atom is -0.373 e. The van der Waals surface area contributed by atoms with Crippen molar-refractivity contribution in [1.82, 2.24) is 14.7 Å². The van der Waals surface area contributed by atoms with E-state index < -0.39 is 0 Å². The summed E-state index contributed by atoms with van der Waals surface area (Å²) < 4.78 is 0. The standard InChI is InChI=1S/C21H29N5O.ClH/c1-17-5-4-6-20(18(17)2)25-13-9-24(10-14-25)16-19(15-22)21(27)26-11-7-23(3)8-12-26;/h4-6,16H,7-14H2,1-3H3;1H/b19-16-;. The second-order valence-electron chi connectivity index (χ2n) is 7.49. The summed E-state index contributed by atoms with van der Waals surface area (Å²) in [5.74, 6) is -0.137. The molecular formula is C21H30ClN5O. The van der Waals surface area contributed by atoms with E-state index >= 15 is 0 Å². The van der Waals surface area contributed by atoms with Gasteiger partial charge in [0, 0.05) is 64.2 Å². The van der Waals surface area contributed by atoms with Crippen LogP contribution in [0.1, 0.15) is 11.1 Å². The fourth-order valence-electron chi connectivity index (χ4n) is 3.66. The zero-order valence-electron chi connectivity index (χ0n) is 17.0. The highest BCUT2D eigenvalue weighted by Gasteiger charge is 2.24. The second kappa shape index (κ2) is 9.81. The predicted octanol–water partition coefficient (Wildman–Crippen LogP) is 2.03. The van der Waals surface area contributed by atoms with Crippen molar-refractivity contribution in [3.63, 3.8) is 0 Å². The second-order valence-corrected chi connectivity index (χ2v) is 7.49. The smallest absolute Gasteiger partial charge is 0.266 e. The lowest BCUT2D eigenvalue weighted by Crippen LogP contribution is -2.48. The van der Waals surface area contributed by atoms with E-state index in [1.54, 1.807) is 11.1 Å². The van der Waals surface area contributed by atoms with Crippen LogP contribution in [0, 0.1) is 25.2 Å². The van der Waals surface area contributed by atoms with Gasteiger partial charge in [-0.3, -0.25) is 4.79 Å². The van der Waals surface area contributed by atoms with Crippen molar-refractivity contribution in [3.8, 4) is 6.07 Å². The third-order valence-electron chi connectivity index (χ3n) is 5.68. The summed E-state index contributed by atoms with van der Waals surface area (Å²) in [6.07, 6.45) is 1.76. The molecule has 6 nitrogen and oxygen atoms in total. The van der Waals surface area contributed by atoms with Gasteiger partial charge in [0.2, 0.25) is 0 Å². The van der Waals surface area contributed by atoms with E-state index in [0.29, 0.717) is 13.1 Å². The van der Waals surface area contributed by atoms with Crippen molar-refractivity contribution >= 4 is 24.0 Å². The van der Waals surface area contributed by atoms with Crippen LogP contribution in [0.3, 0.4) is 0 Å². The molecule has 0 radical (unpaired) electrons. The molecule has 7 heteroatoms. The monoisotopic (exact) mass is 403 g/mol. The zero-order chi connectivity index (χ0) is 19.4. The summed E-state index contributed by atoms with van der Waals surface area (Å²) in [6.45, 7) is 10.8. The van der Waals surface area contributed by atoms with Crippen LogP contribution in [0.15, 0.2) is 30.0 Å². The Morgan fingerprint density at radius 1 is 1.04 bits per heavy atom. The Balaban J connectivity index is 0.00000280. The number of rotatable bonds is 3. The third kappa shape index (κ3) is 4.98. The average Bonchev–Trinajstić information content (AvgIpc) is 2.69. The molecular weight excluding hydrogens is 374 g/mol. The third-order valence-corrected chi connectivity index (χ3v) is 5.68. The highest BCUT2D eigenvalue weighted by Crippen LogP contribution is 2.24. The Bertz CT molecular complexity index is 757. The maximum absolute atomic E-state index is 12.7. The number of nitrogens with zero attached hydrogens (tertiary/aromatic N) is 5. The summed E-state index contributed by atoms with van der Waals surface area (Å²) in [5.41, 5.74) is 4.16. The average molecular weight is 404 g/mol. The van der Waals surface area contributed by atoms with Gasteiger partial charge in [-0.1, -0.05) is 12.1 Å². The molecule has 0 aliphatic carbocycles. The SMILES string of the molecule is Cc1cccc(N2CCN(/C=C(/C#N)C(=O)N3CCN(C)CC3)CC2)c1C.Cl. The minimum atomic E-state index is -0.137. The number of nitriles is 1. The number of carbonyl (C=O) groups is 1. The first kappa shape index (κ1) is 22.1. The molecule has 2 saturated heterocycles. The van der Waals surface area contributed by atoms with Crippen LogP contribution >= 0.6 is 12.4 Å². The normalized spacial score (nSPS) is 18.5. The van der Waals surface area contributed by atoms with Gasteiger partial charge >= 0.3 is 0 Å². The van der Waals surface area contributed by atoms with E-state index in [1.807, 2.05) is 0 Å². The fourth-order valence-corrected chi connectivity index (χ4v) is 3.66. The molecule has 152 valence electrons. The largest absolute Gasteiger partial charge is 0.373 e. The molecule has 0 N–H and O–H groups in total. The van der Waals surface area contributed by atoms with Gasteiger partial charge in [0.25, 0.3) is 5.91 Å². The Labute approximate surface area is 174 Å². The number of carbonyl (C=O) groups excluding carboxylic acids is 1. The fraction of sp³-hybridized carbons (Fsp3) is 0.524. The molecule has 2 heterocycles. The maximum atomic E-state index is 12.7. The topological polar surface area (TPSA) is 53.8 Å². The number of likely N-dealkylation sites (N-methyl/N-ethyl adjacent to an activating group) is 1. The Hall–Kier alpha value is -2.23. The summed E-state index contributed by atoms with van der Waals surface area (Å²) in [7, 11) is 2.05. The molecule has 0 atom stereocenters. The Morgan fingerprint density at radius 2 is 1.68 bits per heavy atom. The quantitative estimate of drug-likeness (QED) is 0.571. The van der Waals surface area contributed by atoms with E-state index in [1.165, 1.54) is 16.8 Å². The van der Waals surface area contributed by atoms with Crippen molar-refractivity contribution in [2.45, 2.75) is 13.8 Å². The van der Waals surface area contributed by atoms with Gasteiger partial charge in [0.05, 0.1) is 0 Å². The van der Waals surface area contributed by atoms with Gasteiger partial charge in [0.1, 0.15) is 11.6 Å². The van der Waals surface area contributed by atoms with Crippen LogP contribution in [-0.2, 0) is 4.79 Å². The van der Waals surface area contributed by atoms with Crippen LogP contribution in [0.5, 0.6) is 0 Å². The number of hydrogen-bond donors (Lipinski definition) is 0. The number of anilines is 1. The molecule has 2 aliphatic rings. The van der Waals surface area contributed by atoms with E-state index in [4.69, 9.17) is 0 Å². The predicted molar refractivity (Wildman–Crippen MR) is 115 cm³/mol. The number of aryl methyl sites for hydroxylation is 1. The molecule has 1 aromatic rings. The first-order valence-corrected chi connectivity index (χ1v) is 9.64. The number of halogens is 1. The van der Waals surface area contributed by atoms with Crippen molar-refractivity contribution in [3.05, 3.63) is 41.1 Å². The van der Waals surface area contributed by atoms with Crippen LogP contribution in [0.4, 0.5) is 5.69 Å². The molecule has 2 aliphatic heterocycles. The van der Waals surface area contributed by atoms with E-state index in [9.17, 15) is 10.1 Å². The van der Waals surface area contributed by atoms with Crippen molar-refractivity contribution in [2.24, 2.45) is 0 Å². The highest BCUT2D eigenvalue weighted by atomic mass is 35.5. The molecule has 0 bridgehead atoms. The van der Waals surface area contributed by atoms with Gasteiger partial charge in [0.15, 0.2) is 0 Å². The highest BCUT2D eigenvalue weighted by molar-refractivity contribution is 5.97. The van der Waals surface area contributed by atoms with Crippen molar-refractivity contribution < 1.29 is 4.79 Å². The summed E-state index contributed by atoms with van der Waals surface area (Å²) >= 11 is 0. The van der Waals surface area contributed by atoms with Crippen LogP contribution in [0.2, 0.25) is 0 Å². The summed E-state index contributed by atoms with van der Waals surface area (Å²) in [6, 6.07) is 8.53. The van der Waals surface area contributed by atoms with Crippen LogP contribution in [0.25, 0.3) is 0 Å². The molecule has 0 saturated carbocycles. The van der Waals surface area contributed by atoms with Gasteiger partial charge < -0.3 is 19.6 Å². The first-order valence-electron chi connectivity index (χ1n) is 9.64. The summed E-state index contributed by atoms with van der Waals surface area (Å²) in [5, 5.41) is 9.49. The lowest BCUT2D eigenvalue weighted by Gasteiger charge is -2.37. The van der Waals surface area contributed by atoms with Crippen molar-refractivity contribution in [2.75, 3.05) is 64.3 Å². The first-order chi connectivity index (χ1) is 13.0. The van der Waals surface area contributed by atoms with E-state index in [0.717, 1.165) is 39.3 Å². The summed E-state index contributed by atoms with van der Waals surface area (Å²) in [4.78, 5) is 21.1. The number of piperazine rings is 2. The van der Waals surface area contributed by atoms with Gasteiger partial charge in [-0.15, -0.1) is 12.4 Å². The van der Waals surface area contributed by atoms with E-state index in [2.05, 4.69) is 59.9 Å². The molecule has 1 aromatic carbocycles. The number of benzene rings is 1. The molecule has 28 heavy (non-hydrogen) atoms. The molecule has 0 unspecified atom stereocenters. The number of amides is 1. The van der Waals surface area contributed by atoms with Gasteiger partial charge in [-0.2, -0.15) is 5.26 Å².